The van der Waals surface area contributed by atoms with Gasteiger partial charge in [-0.05, 0) is 34.7 Å². The lowest BCUT2D eigenvalue weighted by atomic mass is 9.87. The van der Waals surface area contributed by atoms with Gasteiger partial charge in [-0.2, -0.15) is 0 Å². The van der Waals surface area contributed by atoms with Crippen LogP contribution in [0.3, 0.4) is 0 Å². The molecule has 0 amide bonds. The number of hydrogen-bond acceptors (Lipinski definition) is 2. The Balaban J connectivity index is 2.12. The average Bonchev–Trinajstić information content (AvgIpc) is 2.38. The summed E-state index contributed by atoms with van der Waals surface area (Å²) in [6, 6.07) is 15.6. The molecular weight excluding hydrogens is 266 g/mol. The molecule has 2 aromatic carbocycles. The molecule has 0 heterocycles. The summed E-state index contributed by atoms with van der Waals surface area (Å²) >= 11 is 0. The molecular formula is C17H21NOS. The SMILES string of the molecule is CC(C)(C)c1ccc(CS(=O)c2cccc(N)c2)cc1. The van der Waals surface area contributed by atoms with Gasteiger partial charge in [0.1, 0.15) is 0 Å². The van der Waals surface area contributed by atoms with Crippen molar-refractivity contribution in [1.82, 2.24) is 0 Å². The maximum absolute atomic E-state index is 12.3. The van der Waals surface area contributed by atoms with E-state index in [0.29, 0.717) is 11.4 Å². The first-order chi connectivity index (χ1) is 9.36. The minimum atomic E-state index is -1.05. The van der Waals surface area contributed by atoms with Crippen LogP contribution in [0.4, 0.5) is 5.69 Å². The van der Waals surface area contributed by atoms with Crippen LogP contribution in [0.1, 0.15) is 31.9 Å². The van der Waals surface area contributed by atoms with Gasteiger partial charge in [-0.1, -0.05) is 51.1 Å². The van der Waals surface area contributed by atoms with Gasteiger partial charge in [-0.3, -0.25) is 4.21 Å². The van der Waals surface area contributed by atoms with Crippen LogP contribution >= 0.6 is 0 Å². The zero-order chi connectivity index (χ0) is 14.8. The molecule has 0 fully saturated rings. The molecule has 1 unspecified atom stereocenters. The molecule has 0 aliphatic rings. The van der Waals surface area contributed by atoms with Crippen LogP contribution in [-0.4, -0.2) is 4.21 Å². The Labute approximate surface area is 123 Å². The number of rotatable bonds is 3. The summed E-state index contributed by atoms with van der Waals surface area (Å²) < 4.78 is 12.3. The van der Waals surface area contributed by atoms with E-state index in [9.17, 15) is 4.21 Å². The van der Waals surface area contributed by atoms with Gasteiger partial charge in [-0.15, -0.1) is 0 Å². The molecule has 2 nitrogen and oxygen atoms in total. The molecule has 0 radical (unpaired) electrons. The van der Waals surface area contributed by atoms with Crippen molar-refractivity contribution in [2.45, 2.75) is 36.8 Å². The largest absolute Gasteiger partial charge is 0.399 e. The van der Waals surface area contributed by atoms with Gasteiger partial charge >= 0.3 is 0 Å². The maximum atomic E-state index is 12.3. The molecule has 2 rings (SSSR count). The van der Waals surface area contributed by atoms with Crippen molar-refractivity contribution in [3.8, 4) is 0 Å². The Morgan fingerprint density at radius 3 is 2.25 bits per heavy atom. The van der Waals surface area contributed by atoms with Crippen LogP contribution in [-0.2, 0) is 22.0 Å². The van der Waals surface area contributed by atoms with Crippen LogP contribution < -0.4 is 5.73 Å². The van der Waals surface area contributed by atoms with Crippen molar-refractivity contribution >= 4 is 16.5 Å². The predicted molar refractivity (Wildman–Crippen MR) is 86.1 cm³/mol. The molecule has 0 bridgehead atoms. The monoisotopic (exact) mass is 287 g/mol. The first-order valence-electron chi connectivity index (χ1n) is 6.69. The fourth-order valence-corrected chi connectivity index (χ4v) is 3.15. The first-order valence-corrected chi connectivity index (χ1v) is 8.01. The van der Waals surface area contributed by atoms with Crippen molar-refractivity contribution in [2.24, 2.45) is 0 Å². The van der Waals surface area contributed by atoms with Crippen molar-refractivity contribution in [1.29, 1.82) is 0 Å². The fourth-order valence-electron chi connectivity index (χ4n) is 1.99. The zero-order valence-corrected chi connectivity index (χ0v) is 13.0. The second-order valence-electron chi connectivity index (χ2n) is 6.01. The Kier molecular flexibility index (Phi) is 4.29. The number of nitrogens with two attached hydrogens (primary N) is 1. The highest BCUT2D eigenvalue weighted by Gasteiger charge is 2.13. The fraction of sp³-hybridized carbons (Fsp3) is 0.294. The second-order valence-corrected chi connectivity index (χ2v) is 7.46. The summed E-state index contributed by atoms with van der Waals surface area (Å²) in [4.78, 5) is 0.782. The third kappa shape index (κ3) is 3.70. The summed E-state index contributed by atoms with van der Waals surface area (Å²) in [6.07, 6.45) is 0. The standard InChI is InChI=1S/C17H21NOS/c1-17(2,3)14-9-7-13(8-10-14)12-20(19)16-6-4-5-15(18)11-16/h4-11H,12,18H2,1-3H3. The lowest BCUT2D eigenvalue weighted by molar-refractivity contribution is 0.590. The smallest absolute Gasteiger partial charge is 0.0574 e. The molecule has 2 aromatic rings. The predicted octanol–water partition coefficient (Wildman–Crippen LogP) is 3.87. The third-order valence-electron chi connectivity index (χ3n) is 3.24. The number of nitrogen functional groups attached to an aromatic ring is 1. The molecule has 1 atom stereocenters. The van der Waals surface area contributed by atoms with Crippen LogP contribution in [0.2, 0.25) is 0 Å². The second kappa shape index (κ2) is 5.80. The molecule has 0 spiro atoms. The van der Waals surface area contributed by atoms with Crippen molar-refractivity contribution < 1.29 is 4.21 Å². The highest BCUT2D eigenvalue weighted by atomic mass is 32.2. The van der Waals surface area contributed by atoms with Crippen LogP contribution in [0, 0.1) is 0 Å². The topological polar surface area (TPSA) is 43.1 Å². The number of anilines is 1. The zero-order valence-electron chi connectivity index (χ0n) is 12.2. The van der Waals surface area contributed by atoms with Crippen LogP contribution in [0.25, 0.3) is 0 Å². The van der Waals surface area contributed by atoms with Gasteiger partial charge in [0, 0.05) is 10.6 Å². The summed E-state index contributed by atoms with van der Waals surface area (Å²) in [5.41, 5.74) is 8.89. The molecule has 106 valence electrons. The lowest BCUT2D eigenvalue weighted by Gasteiger charge is -2.19. The van der Waals surface area contributed by atoms with Crippen LogP contribution in [0.15, 0.2) is 53.4 Å². The van der Waals surface area contributed by atoms with Gasteiger partial charge in [0.15, 0.2) is 0 Å². The van der Waals surface area contributed by atoms with Gasteiger partial charge < -0.3 is 5.73 Å². The maximum Gasteiger partial charge on any atom is 0.0574 e. The minimum absolute atomic E-state index is 0.144. The molecule has 3 heteroatoms. The van der Waals surface area contributed by atoms with E-state index in [2.05, 4.69) is 45.0 Å². The number of benzene rings is 2. The summed E-state index contributed by atoms with van der Waals surface area (Å²) in [5.74, 6) is 0.522. The van der Waals surface area contributed by atoms with Gasteiger partial charge in [0.25, 0.3) is 0 Å². The van der Waals surface area contributed by atoms with Gasteiger partial charge in [0.05, 0.1) is 16.6 Å². The molecule has 2 N–H and O–H groups in total. The van der Waals surface area contributed by atoms with E-state index in [1.807, 2.05) is 12.1 Å². The highest BCUT2D eigenvalue weighted by Crippen LogP contribution is 2.23. The van der Waals surface area contributed by atoms with Gasteiger partial charge in [-0.25, -0.2) is 0 Å². The van der Waals surface area contributed by atoms with Gasteiger partial charge in [0.2, 0.25) is 0 Å². The Morgan fingerprint density at radius 1 is 1.05 bits per heavy atom. The van der Waals surface area contributed by atoms with E-state index in [-0.39, 0.29) is 5.41 Å². The Bertz CT molecular complexity index is 612. The normalized spacial score (nSPS) is 13.2. The Hall–Kier alpha value is -1.61. The average molecular weight is 287 g/mol. The minimum Gasteiger partial charge on any atom is -0.399 e. The van der Waals surface area contributed by atoms with E-state index in [1.165, 1.54) is 5.56 Å². The van der Waals surface area contributed by atoms with E-state index in [4.69, 9.17) is 5.73 Å². The quantitative estimate of drug-likeness (QED) is 0.871. The van der Waals surface area contributed by atoms with E-state index < -0.39 is 10.8 Å². The first kappa shape index (κ1) is 14.8. The lowest BCUT2D eigenvalue weighted by Crippen LogP contribution is -2.10. The van der Waals surface area contributed by atoms with Crippen molar-refractivity contribution in [3.05, 3.63) is 59.7 Å². The molecule has 20 heavy (non-hydrogen) atoms. The summed E-state index contributed by atoms with van der Waals surface area (Å²) in [7, 11) is -1.05. The van der Waals surface area contributed by atoms with E-state index in [0.717, 1.165) is 10.5 Å². The van der Waals surface area contributed by atoms with Crippen molar-refractivity contribution in [3.63, 3.8) is 0 Å². The molecule has 0 saturated heterocycles. The molecule has 0 aliphatic heterocycles. The number of hydrogen-bond donors (Lipinski definition) is 1. The van der Waals surface area contributed by atoms with E-state index in [1.54, 1.807) is 12.1 Å². The van der Waals surface area contributed by atoms with Crippen molar-refractivity contribution in [2.75, 3.05) is 5.73 Å². The molecule has 0 saturated carbocycles. The molecule has 0 aliphatic carbocycles. The third-order valence-corrected chi connectivity index (χ3v) is 4.61. The van der Waals surface area contributed by atoms with Crippen LogP contribution in [0.5, 0.6) is 0 Å². The molecule has 0 aromatic heterocycles. The highest BCUT2D eigenvalue weighted by molar-refractivity contribution is 7.84. The van der Waals surface area contributed by atoms with E-state index >= 15 is 0 Å². The summed E-state index contributed by atoms with van der Waals surface area (Å²) in [5, 5.41) is 0. The Morgan fingerprint density at radius 2 is 1.70 bits per heavy atom. The summed E-state index contributed by atoms with van der Waals surface area (Å²) in [6.45, 7) is 6.56.